The second-order valence-electron chi connectivity index (χ2n) is 6.87. The largest absolute Gasteiger partial charge is 0.378 e. The normalized spacial score (nSPS) is 41.6. The van der Waals surface area contributed by atoms with Crippen molar-refractivity contribution in [2.75, 3.05) is 13.2 Å². The minimum atomic E-state index is 0.128. The van der Waals surface area contributed by atoms with Crippen LogP contribution in [0.5, 0.6) is 0 Å². The molecular weight excluding hydrogens is 212 g/mol. The van der Waals surface area contributed by atoms with E-state index in [2.05, 4.69) is 26.1 Å². The SMILES string of the molecule is CC1CC(CN)(NC2CCC(C)(C)C2)CCO1. The molecule has 1 aliphatic carbocycles. The Morgan fingerprint density at radius 2 is 2.06 bits per heavy atom. The van der Waals surface area contributed by atoms with Crippen LogP contribution in [0.25, 0.3) is 0 Å². The molecule has 1 saturated carbocycles. The van der Waals surface area contributed by atoms with Crippen molar-refractivity contribution >= 4 is 0 Å². The molecule has 0 radical (unpaired) electrons. The summed E-state index contributed by atoms with van der Waals surface area (Å²) in [5, 5.41) is 3.86. The first-order valence-electron chi connectivity index (χ1n) is 7.04. The topological polar surface area (TPSA) is 47.3 Å². The molecule has 17 heavy (non-hydrogen) atoms. The molecule has 3 heteroatoms. The van der Waals surface area contributed by atoms with Crippen molar-refractivity contribution in [3.63, 3.8) is 0 Å². The van der Waals surface area contributed by atoms with Gasteiger partial charge in [-0.25, -0.2) is 0 Å². The predicted molar refractivity (Wildman–Crippen MR) is 71.0 cm³/mol. The van der Waals surface area contributed by atoms with Crippen molar-refractivity contribution in [3.8, 4) is 0 Å². The van der Waals surface area contributed by atoms with Crippen LogP contribution < -0.4 is 11.1 Å². The van der Waals surface area contributed by atoms with E-state index in [0.29, 0.717) is 17.6 Å². The van der Waals surface area contributed by atoms with Crippen molar-refractivity contribution in [2.24, 2.45) is 11.1 Å². The molecule has 0 aromatic carbocycles. The lowest BCUT2D eigenvalue weighted by Crippen LogP contribution is -2.58. The highest BCUT2D eigenvalue weighted by Crippen LogP contribution is 2.38. The fourth-order valence-electron chi connectivity index (χ4n) is 3.53. The van der Waals surface area contributed by atoms with Gasteiger partial charge in [0, 0.05) is 24.7 Å². The highest BCUT2D eigenvalue weighted by Gasteiger charge is 2.39. The Labute approximate surface area is 105 Å². The zero-order valence-electron chi connectivity index (χ0n) is 11.6. The second kappa shape index (κ2) is 4.87. The summed E-state index contributed by atoms with van der Waals surface area (Å²) in [6, 6.07) is 0.652. The van der Waals surface area contributed by atoms with Crippen LogP contribution in [0.15, 0.2) is 0 Å². The molecule has 2 aliphatic rings. The van der Waals surface area contributed by atoms with E-state index in [4.69, 9.17) is 10.5 Å². The molecule has 0 aromatic rings. The Balaban J connectivity index is 1.95. The monoisotopic (exact) mass is 240 g/mol. The van der Waals surface area contributed by atoms with Crippen molar-refractivity contribution in [2.45, 2.75) is 70.6 Å². The molecular formula is C14H28N2O. The van der Waals surface area contributed by atoms with E-state index in [1.54, 1.807) is 0 Å². The van der Waals surface area contributed by atoms with E-state index in [9.17, 15) is 0 Å². The van der Waals surface area contributed by atoms with Gasteiger partial charge in [-0.1, -0.05) is 13.8 Å². The summed E-state index contributed by atoms with van der Waals surface area (Å²) in [6.07, 6.45) is 6.37. The van der Waals surface area contributed by atoms with Crippen molar-refractivity contribution in [3.05, 3.63) is 0 Å². The maximum Gasteiger partial charge on any atom is 0.0565 e. The predicted octanol–water partition coefficient (Wildman–Crippen LogP) is 2.05. The molecule has 0 bridgehead atoms. The van der Waals surface area contributed by atoms with E-state index >= 15 is 0 Å². The molecule has 0 amide bonds. The third-order valence-electron chi connectivity index (χ3n) is 4.53. The van der Waals surface area contributed by atoms with Crippen LogP contribution in [0.2, 0.25) is 0 Å². The van der Waals surface area contributed by atoms with Crippen LogP contribution >= 0.6 is 0 Å². The number of hydrogen-bond acceptors (Lipinski definition) is 3. The van der Waals surface area contributed by atoms with E-state index in [0.717, 1.165) is 26.0 Å². The average Bonchev–Trinajstić information content (AvgIpc) is 2.58. The summed E-state index contributed by atoms with van der Waals surface area (Å²) < 4.78 is 5.64. The molecule has 3 nitrogen and oxygen atoms in total. The summed E-state index contributed by atoms with van der Waals surface area (Å²) in [7, 11) is 0. The quantitative estimate of drug-likeness (QED) is 0.794. The molecule has 100 valence electrons. The van der Waals surface area contributed by atoms with Crippen LogP contribution in [0.1, 0.15) is 52.9 Å². The van der Waals surface area contributed by atoms with Crippen LogP contribution in [0.4, 0.5) is 0 Å². The lowest BCUT2D eigenvalue weighted by molar-refractivity contribution is -0.0195. The summed E-state index contributed by atoms with van der Waals surface area (Å²) in [4.78, 5) is 0. The Hall–Kier alpha value is -0.120. The van der Waals surface area contributed by atoms with E-state index < -0.39 is 0 Å². The van der Waals surface area contributed by atoms with Gasteiger partial charge in [0.25, 0.3) is 0 Å². The Bertz CT molecular complexity index is 267. The summed E-state index contributed by atoms with van der Waals surface area (Å²) in [5.41, 5.74) is 6.66. The van der Waals surface area contributed by atoms with E-state index in [1.165, 1.54) is 19.3 Å². The highest BCUT2D eigenvalue weighted by molar-refractivity contribution is 4.98. The van der Waals surface area contributed by atoms with Crippen LogP contribution in [-0.4, -0.2) is 30.8 Å². The molecule has 0 spiro atoms. The Kier molecular flexibility index (Phi) is 3.81. The summed E-state index contributed by atoms with van der Waals surface area (Å²) >= 11 is 0. The van der Waals surface area contributed by atoms with Gasteiger partial charge in [0.2, 0.25) is 0 Å². The number of ether oxygens (including phenoxy) is 1. The fourth-order valence-corrected chi connectivity index (χ4v) is 3.53. The smallest absolute Gasteiger partial charge is 0.0565 e. The van der Waals surface area contributed by atoms with Gasteiger partial charge in [0.15, 0.2) is 0 Å². The number of nitrogens with two attached hydrogens (primary N) is 1. The van der Waals surface area contributed by atoms with Gasteiger partial charge in [-0.2, -0.15) is 0 Å². The lowest BCUT2D eigenvalue weighted by atomic mass is 9.85. The molecule has 3 atom stereocenters. The third-order valence-corrected chi connectivity index (χ3v) is 4.53. The van der Waals surface area contributed by atoms with E-state index in [-0.39, 0.29) is 5.54 Å². The van der Waals surface area contributed by atoms with Crippen molar-refractivity contribution in [1.82, 2.24) is 5.32 Å². The Morgan fingerprint density at radius 3 is 2.59 bits per heavy atom. The standard InChI is InChI=1S/C14H28N2O/c1-11-8-14(10-15,6-7-17-11)16-12-4-5-13(2,3)9-12/h11-12,16H,4-10,15H2,1-3H3. The molecule has 2 fully saturated rings. The number of nitrogens with one attached hydrogen (secondary N) is 1. The van der Waals surface area contributed by atoms with Crippen LogP contribution in [-0.2, 0) is 4.74 Å². The van der Waals surface area contributed by atoms with Crippen molar-refractivity contribution < 1.29 is 4.74 Å². The highest BCUT2D eigenvalue weighted by atomic mass is 16.5. The minimum absolute atomic E-state index is 0.128. The number of hydrogen-bond donors (Lipinski definition) is 2. The van der Waals surface area contributed by atoms with Gasteiger partial charge < -0.3 is 15.8 Å². The molecule has 3 N–H and O–H groups in total. The maximum atomic E-state index is 6.03. The molecule has 1 aliphatic heterocycles. The first-order valence-corrected chi connectivity index (χ1v) is 7.04. The van der Waals surface area contributed by atoms with Gasteiger partial charge in [-0.15, -0.1) is 0 Å². The van der Waals surface area contributed by atoms with Gasteiger partial charge in [-0.05, 0) is 44.4 Å². The van der Waals surface area contributed by atoms with E-state index in [1.807, 2.05) is 0 Å². The third kappa shape index (κ3) is 3.21. The second-order valence-corrected chi connectivity index (χ2v) is 6.87. The average molecular weight is 240 g/mol. The lowest BCUT2D eigenvalue weighted by Gasteiger charge is -2.42. The molecule has 1 saturated heterocycles. The molecule has 0 aromatic heterocycles. The van der Waals surface area contributed by atoms with Gasteiger partial charge in [0.1, 0.15) is 0 Å². The molecule has 2 rings (SSSR count). The zero-order valence-corrected chi connectivity index (χ0v) is 11.6. The fraction of sp³-hybridized carbons (Fsp3) is 1.00. The van der Waals surface area contributed by atoms with Crippen LogP contribution in [0, 0.1) is 5.41 Å². The molecule has 1 heterocycles. The number of rotatable bonds is 3. The zero-order chi connectivity index (χ0) is 12.5. The first-order chi connectivity index (χ1) is 7.95. The van der Waals surface area contributed by atoms with Gasteiger partial charge in [-0.3, -0.25) is 0 Å². The van der Waals surface area contributed by atoms with Crippen LogP contribution in [0.3, 0.4) is 0 Å². The van der Waals surface area contributed by atoms with Gasteiger partial charge >= 0.3 is 0 Å². The summed E-state index contributed by atoms with van der Waals surface area (Å²) in [6.45, 7) is 8.48. The Morgan fingerprint density at radius 1 is 1.29 bits per heavy atom. The first kappa shape index (κ1) is 13.3. The molecule has 3 unspecified atom stereocenters. The minimum Gasteiger partial charge on any atom is -0.378 e. The van der Waals surface area contributed by atoms with Gasteiger partial charge in [0.05, 0.1) is 6.10 Å². The summed E-state index contributed by atoms with van der Waals surface area (Å²) in [5.74, 6) is 0. The van der Waals surface area contributed by atoms with Crippen molar-refractivity contribution in [1.29, 1.82) is 0 Å². The maximum absolute atomic E-state index is 6.03.